The highest BCUT2D eigenvalue weighted by molar-refractivity contribution is 6.30. The molecule has 1 atom stereocenters. The monoisotopic (exact) mass is 241 g/mol. The Kier molecular flexibility index (Phi) is 5.86. The zero-order chi connectivity index (χ0) is 11.8. The van der Waals surface area contributed by atoms with Crippen LogP contribution >= 0.6 is 11.6 Å². The van der Waals surface area contributed by atoms with Crippen LogP contribution in [0.4, 0.5) is 0 Å². The molecule has 0 aliphatic heterocycles. The van der Waals surface area contributed by atoms with Crippen molar-refractivity contribution in [2.45, 2.75) is 32.2 Å². The van der Waals surface area contributed by atoms with Gasteiger partial charge in [0.2, 0.25) is 0 Å². The van der Waals surface area contributed by atoms with E-state index < -0.39 is 0 Å². The van der Waals surface area contributed by atoms with Crippen LogP contribution in [0.5, 0.6) is 5.75 Å². The molecule has 0 aliphatic carbocycles. The highest BCUT2D eigenvalue weighted by Gasteiger charge is 2.07. The van der Waals surface area contributed by atoms with E-state index in [1.165, 1.54) is 0 Å². The van der Waals surface area contributed by atoms with Gasteiger partial charge in [-0.2, -0.15) is 4.91 Å². The molecule has 0 unspecified atom stereocenters. The minimum Gasteiger partial charge on any atom is -0.493 e. The lowest BCUT2D eigenvalue weighted by Gasteiger charge is -2.09. The molecule has 0 bridgehead atoms. The van der Waals surface area contributed by atoms with Crippen molar-refractivity contribution in [3.8, 4) is 5.75 Å². The molecular formula is C12H16ClNO2. The Bertz CT molecular complexity index is 331. The van der Waals surface area contributed by atoms with E-state index in [0.29, 0.717) is 18.1 Å². The molecule has 1 rings (SSSR count). The van der Waals surface area contributed by atoms with Crippen LogP contribution in [0.1, 0.15) is 26.2 Å². The van der Waals surface area contributed by atoms with E-state index in [-0.39, 0.29) is 6.04 Å². The summed E-state index contributed by atoms with van der Waals surface area (Å²) < 4.78 is 5.48. The number of rotatable bonds is 7. The first-order valence-corrected chi connectivity index (χ1v) is 5.85. The lowest BCUT2D eigenvalue weighted by molar-refractivity contribution is 0.294. The molecule has 0 heterocycles. The van der Waals surface area contributed by atoms with Crippen molar-refractivity contribution in [2.24, 2.45) is 5.18 Å². The van der Waals surface area contributed by atoms with Gasteiger partial charge in [0.1, 0.15) is 5.75 Å². The van der Waals surface area contributed by atoms with E-state index in [0.717, 1.165) is 18.6 Å². The van der Waals surface area contributed by atoms with E-state index in [1.807, 2.05) is 19.1 Å². The van der Waals surface area contributed by atoms with Gasteiger partial charge >= 0.3 is 0 Å². The van der Waals surface area contributed by atoms with Gasteiger partial charge in [0.05, 0.1) is 12.6 Å². The predicted molar refractivity (Wildman–Crippen MR) is 66.1 cm³/mol. The quantitative estimate of drug-likeness (QED) is 0.676. The van der Waals surface area contributed by atoms with Crippen molar-refractivity contribution >= 4 is 11.6 Å². The minimum atomic E-state index is -0.135. The number of hydrogen-bond acceptors (Lipinski definition) is 3. The number of nitroso groups, excluding NO2 is 1. The van der Waals surface area contributed by atoms with Gasteiger partial charge in [-0.1, -0.05) is 36.2 Å². The van der Waals surface area contributed by atoms with E-state index in [4.69, 9.17) is 16.3 Å². The SMILES string of the molecule is CCC[C@@H](CCOc1cccc(Cl)c1)N=O. The average Bonchev–Trinajstić information content (AvgIpc) is 2.28. The lowest BCUT2D eigenvalue weighted by atomic mass is 10.1. The molecule has 0 amide bonds. The van der Waals surface area contributed by atoms with E-state index in [2.05, 4.69) is 5.18 Å². The van der Waals surface area contributed by atoms with Crippen LogP contribution in [-0.2, 0) is 0 Å². The molecule has 0 saturated carbocycles. The first kappa shape index (κ1) is 13.0. The zero-order valence-corrected chi connectivity index (χ0v) is 10.1. The molecule has 3 nitrogen and oxygen atoms in total. The van der Waals surface area contributed by atoms with Crippen molar-refractivity contribution in [1.29, 1.82) is 0 Å². The Morgan fingerprint density at radius 2 is 2.25 bits per heavy atom. The van der Waals surface area contributed by atoms with E-state index in [9.17, 15) is 4.91 Å². The molecule has 16 heavy (non-hydrogen) atoms. The molecule has 0 aromatic heterocycles. The van der Waals surface area contributed by atoms with Gasteiger partial charge in [-0.05, 0) is 24.6 Å². The van der Waals surface area contributed by atoms with Gasteiger partial charge < -0.3 is 4.74 Å². The van der Waals surface area contributed by atoms with Crippen LogP contribution in [0.2, 0.25) is 5.02 Å². The summed E-state index contributed by atoms with van der Waals surface area (Å²) in [6.45, 7) is 2.53. The largest absolute Gasteiger partial charge is 0.493 e. The Balaban J connectivity index is 2.32. The van der Waals surface area contributed by atoms with Crippen LogP contribution in [0.25, 0.3) is 0 Å². The van der Waals surface area contributed by atoms with Gasteiger partial charge in [-0.15, -0.1) is 0 Å². The molecule has 1 aromatic rings. The average molecular weight is 242 g/mol. The summed E-state index contributed by atoms with van der Waals surface area (Å²) in [7, 11) is 0. The fraction of sp³-hybridized carbons (Fsp3) is 0.500. The van der Waals surface area contributed by atoms with Crippen molar-refractivity contribution in [3.05, 3.63) is 34.2 Å². The van der Waals surface area contributed by atoms with Crippen molar-refractivity contribution in [2.75, 3.05) is 6.61 Å². The summed E-state index contributed by atoms with van der Waals surface area (Å²) in [6, 6.07) is 7.09. The third kappa shape index (κ3) is 4.62. The summed E-state index contributed by atoms with van der Waals surface area (Å²) >= 11 is 5.81. The van der Waals surface area contributed by atoms with Crippen LogP contribution in [0, 0.1) is 4.91 Å². The van der Waals surface area contributed by atoms with E-state index in [1.54, 1.807) is 12.1 Å². The Morgan fingerprint density at radius 3 is 2.88 bits per heavy atom. The van der Waals surface area contributed by atoms with Gasteiger partial charge in [-0.25, -0.2) is 0 Å². The van der Waals surface area contributed by atoms with Crippen LogP contribution in [0.15, 0.2) is 29.4 Å². The molecule has 1 aromatic carbocycles. The molecule has 0 fully saturated rings. The highest BCUT2D eigenvalue weighted by atomic mass is 35.5. The number of hydrogen-bond donors (Lipinski definition) is 0. The Hall–Kier alpha value is -1.09. The van der Waals surface area contributed by atoms with Gasteiger partial charge in [0, 0.05) is 11.4 Å². The maximum atomic E-state index is 10.5. The molecule has 4 heteroatoms. The zero-order valence-electron chi connectivity index (χ0n) is 9.36. The van der Waals surface area contributed by atoms with Crippen molar-refractivity contribution in [1.82, 2.24) is 0 Å². The number of halogens is 1. The smallest absolute Gasteiger partial charge is 0.120 e. The summed E-state index contributed by atoms with van der Waals surface area (Å²) in [5.74, 6) is 0.730. The normalized spacial score (nSPS) is 12.1. The molecular weight excluding hydrogens is 226 g/mol. The number of benzene rings is 1. The fourth-order valence-corrected chi connectivity index (χ4v) is 1.63. The maximum Gasteiger partial charge on any atom is 0.120 e. The summed E-state index contributed by atoms with van der Waals surface area (Å²) in [6.07, 6.45) is 2.44. The Morgan fingerprint density at radius 1 is 1.44 bits per heavy atom. The molecule has 0 saturated heterocycles. The second-order valence-corrected chi connectivity index (χ2v) is 4.08. The first-order valence-electron chi connectivity index (χ1n) is 5.47. The molecule has 0 N–H and O–H groups in total. The second kappa shape index (κ2) is 7.23. The predicted octanol–water partition coefficient (Wildman–Crippen LogP) is 4.04. The molecule has 0 spiro atoms. The van der Waals surface area contributed by atoms with Crippen LogP contribution in [0.3, 0.4) is 0 Å². The number of nitrogens with zero attached hydrogens (tertiary/aromatic N) is 1. The van der Waals surface area contributed by atoms with Gasteiger partial charge in [0.15, 0.2) is 0 Å². The van der Waals surface area contributed by atoms with Crippen LogP contribution < -0.4 is 4.74 Å². The summed E-state index contributed by atoms with van der Waals surface area (Å²) in [5, 5.41) is 3.72. The van der Waals surface area contributed by atoms with Crippen LogP contribution in [-0.4, -0.2) is 12.6 Å². The summed E-state index contributed by atoms with van der Waals surface area (Å²) in [5.41, 5.74) is 0. The lowest BCUT2D eigenvalue weighted by Crippen LogP contribution is -2.09. The molecule has 0 radical (unpaired) electrons. The fourth-order valence-electron chi connectivity index (χ4n) is 1.45. The maximum absolute atomic E-state index is 10.5. The van der Waals surface area contributed by atoms with E-state index >= 15 is 0 Å². The first-order chi connectivity index (χ1) is 7.76. The molecule has 0 aliphatic rings. The third-order valence-electron chi connectivity index (χ3n) is 2.29. The summed E-state index contributed by atoms with van der Waals surface area (Å²) in [4.78, 5) is 10.5. The van der Waals surface area contributed by atoms with Crippen molar-refractivity contribution < 1.29 is 4.74 Å². The Labute approximate surface area is 101 Å². The third-order valence-corrected chi connectivity index (χ3v) is 2.52. The standard InChI is InChI=1S/C12H16ClNO2/c1-2-4-11(14-15)7-8-16-12-6-3-5-10(13)9-12/h3,5-6,9,11H,2,4,7-8H2,1H3/t11-/m0/s1. The molecule has 88 valence electrons. The number of ether oxygens (including phenoxy) is 1. The van der Waals surface area contributed by atoms with Gasteiger partial charge in [0.25, 0.3) is 0 Å². The second-order valence-electron chi connectivity index (χ2n) is 3.64. The van der Waals surface area contributed by atoms with Gasteiger partial charge in [-0.3, -0.25) is 0 Å². The minimum absolute atomic E-state index is 0.135. The topological polar surface area (TPSA) is 38.7 Å². The highest BCUT2D eigenvalue weighted by Crippen LogP contribution is 2.17. The van der Waals surface area contributed by atoms with Crippen molar-refractivity contribution in [3.63, 3.8) is 0 Å².